The van der Waals surface area contributed by atoms with Crippen LogP contribution in [0, 0.1) is 5.92 Å². The third-order valence-corrected chi connectivity index (χ3v) is 16.9. The molecule has 0 fully saturated rings. The zero-order valence-corrected chi connectivity index (χ0v) is 55.8. The minimum Gasteiger partial charge on any atom is -0.462 e. The average Bonchev–Trinajstić information content (AvgIpc) is 3.60. The minimum atomic E-state index is -4.94. The average molecular weight is 1240 g/mol. The van der Waals surface area contributed by atoms with Gasteiger partial charge in [0.2, 0.25) is 0 Å². The first-order valence-corrected chi connectivity index (χ1v) is 37.1. The number of aliphatic hydroxyl groups excluding tert-OH is 1. The van der Waals surface area contributed by atoms with Gasteiger partial charge in [-0.25, -0.2) is 9.13 Å². The fraction of sp³-hybridized carbons (Fsp3) is 0.938. The second kappa shape index (κ2) is 58.7. The number of hydrogen-bond donors (Lipinski definition) is 3. The highest BCUT2D eigenvalue weighted by Gasteiger charge is 2.30. The van der Waals surface area contributed by atoms with Crippen molar-refractivity contribution in [3.8, 4) is 0 Å². The van der Waals surface area contributed by atoms with Gasteiger partial charge in [-0.15, -0.1) is 0 Å². The van der Waals surface area contributed by atoms with E-state index in [9.17, 15) is 43.2 Å². The summed E-state index contributed by atoms with van der Waals surface area (Å²) in [5, 5.41) is 10.5. The molecule has 17 nitrogen and oxygen atoms in total. The monoisotopic (exact) mass is 1240 g/mol. The van der Waals surface area contributed by atoms with Gasteiger partial charge >= 0.3 is 39.5 Å². The number of aliphatic hydroxyl groups is 1. The molecule has 0 saturated heterocycles. The Hall–Kier alpha value is -1.94. The number of carbonyl (C=O) groups excluding carboxylic acids is 4. The summed E-state index contributed by atoms with van der Waals surface area (Å²) < 4.78 is 67.9. The predicted molar refractivity (Wildman–Crippen MR) is 335 cm³/mol. The summed E-state index contributed by atoms with van der Waals surface area (Å²) in [6, 6.07) is 0. The van der Waals surface area contributed by atoms with Crippen molar-refractivity contribution in [3.63, 3.8) is 0 Å². The van der Waals surface area contributed by atoms with Crippen molar-refractivity contribution < 1.29 is 80.2 Å². The first-order valence-electron chi connectivity index (χ1n) is 34.1. The molecule has 0 aromatic rings. The van der Waals surface area contributed by atoms with Crippen LogP contribution in [0.5, 0.6) is 0 Å². The Morgan fingerprint density at radius 1 is 0.321 bits per heavy atom. The smallest absolute Gasteiger partial charge is 0.462 e. The fourth-order valence-electron chi connectivity index (χ4n) is 9.76. The van der Waals surface area contributed by atoms with Crippen molar-refractivity contribution in [2.45, 2.75) is 348 Å². The van der Waals surface area contributed by atoms with Crippen LogP contribution in [-0.4, -0.2) is 96.7 Å². The van der Waals surface area contributed by atoms with Crippen molar-refractivity contribution in [1.29, 1.82) is 0 Å². The van der Waals surface area contributed by atoms with E-state index in [2.05, 4.69) is 34.6 Å². The summed E-state index contributed by atoms with van der Waals surface area (Å²) in [6.07, 6.45) is 43.2. The molecule has 0 saturated carbocycles. The summed E-state index contributed by atoms with van der Waals surface area (Å²) in [4.78, 5) is 72.1. The van der Waals surface area contributed by atoms with Crippen LogP contribution in [0.3, 0.4) is 0 Å². The van der Waals surface area contributed by atoms with Crippen molar-refractivity contribution in [3.05, 3.63) is 0 Å². The van der Waals surface area contributed by atoms with Gasteiger partial charge in [0.25, 0.3) is 0 Å². The number of carbonyl (C=O) groups is 4. The number of phosphoric acid groups is 2. The largest absolute Gasteiger partial charge is 0.472 e. The predicted octanol–water partition coefficient (Wildman–Crippen LogP) is 18.2. The molecule has 0 heterocycles. The Balaban J connectivity index is 5.19. The van der Waals surface area contributed by atoms with E-state index in [1.165, 1.54) is 135 Å². The van der Waals surface area contributed by atoms with E-state index in [1.54, 1.807) is 0 Å². The first kappa shape index (κ1) is 82.1. The summed E-state index contributed by atoms with van der Waals surface area (Å²) in [5.74, 6) is -1.36. The molecule has 2 unspecified atom stereocenters. The quantitative estimate of drug-likeness (QED) is 0.0222. The normalized spacial score (nSPS) is 14.2. The van der Waals surface area contributed by atoms with Gasteiger partial charge in [-0.2, -0.15) is 0 Å². The maximum absolute atomic E-state index is 13.0. The molecule has 0 aliphatic heterocycles. The molecule has 0 rings (SSSR count). The van der Waals surface area contributed by atoms with Crippen LogP contribution in [0.15, 0.2) is 0 Å². The molecule has 0 aromatic heterocycles. The Bertz CT molecular complexity index is 1640. The van der Waals surface area contributed by atoms with Gasteiger partial charge in [0.1, 0.15) is 19.3 Å². The lowest BCUT2D eigenvalue weighted by atomic mass is 10.0. The molecule has 3 N–H and O–H groups in total. The van der Waals surface area contributed by atoms with Gasteiger partial charge in [-0.1, -0.05) is 279 Å². The molecule has 0 aliphatic rings. The molecule has 0 spiro atoms. The van der Waals surface area contributed by atoms with E-state index >= 15 is 0 Å². The standard InChI is InChI=1S/C65H126O17P2/c1-6-9-12-15-18-20-21-22-23-24-27-31-36-41-46-51-65(70)82-61(55-76-63(68)49-44-39-35-30-28-25-26-29-33-37-42-47-58(4)5)57-80-84(73,74)78-53-59(66)52-77-83(71,72)79-56-60(54-75-62(67)48-43-38-32-17-14-11-8-3)81-64(69)50-45-40-34-19-16-13-10-7-2/h58-61,66H,6-57H2,1-5H3,(H,71,72)(H,73,74)/t59-,60+,61+/m0/s1. The number of phosphoric ester groups is 2. The minimum absolute atomic E-state index is 0.105. The molecule has 0 aromatic carbocycles. The molecule has 0 amide bonds. The molecule has 5 atom stereocenters. The van der Waals surface area contributed by atoms with Gasteiger partial charge in [0, 0.05) is 25.7 Å². The van der Waals surface area contributed by atoms with Crippen molar-refractivity contribution in [1.82, 2.24) is 0 Å². The second-order valence-electron chi connectivity index (χ2n) is 24.0. The van der Waals surface area contributed by atoms with Crippen LogP contribution < -0.4 is 0 Å². The second-order valence-corrected chi connectivity index (χ2v) is 26.9. The number of rotatable bonds is 65. The van der Waals surface area contributed by atoms with E-state index in [4.69, 9.17) is 37.0 Å². The lowest BCUT2D eigenvalue weighted by Gasteiger charge is -2.21. The number of esters is 4. The lowest BCUT2D eigenvalue weighted by molar-refractivity contribution is -0.161. The number of ether oxygens (including phenoxy) is 4. The van der Waals surface area contributed by atoms with E-state index in [1.807, 2.05) is 0 Å². The summed E-state index contributed by atoms with van der Waals surface area (Å²) in [7, 11) is -9.88. The Labute approximate surface area is 511 Å². The van der Waals surface area contributed by atoms with Crippen LogP contribution in [0.4, 0.5) is 0 Å². The summed E-state index contributed by atoms with van der Waals surface area (Å²) >= 11 is 0. The summed E-state index contributed by atoms with van der Waals surface area (Å²) in [6.45, 7) is 7.15. The van der Waals surface area contributed by atoms with Crippen LogP contribution in [0.1, 0.15) is 330 Å². The third-order valence-electron chi connectivity index (χ3n) is 15.0. The molecule has 0 aliphatic carbocycles. The highest BCUT2D eigenvalue weighted by molar-refractivity contribution is 7.47. The fourth-order valence-corrected chi connectivity index (χ4v) is 11.3. The SMILES string of the molecule is CCCCCCCCCCCCCCCCCC(=O)O[C@H](COC(=O)CCCCCCCCCCCCCC(C)C)COP(=O)(O)OC[C@@H](O)COP(=O)(O)OC[C@@H](COC(=O)CCCCCCCCC)OC(=O)CCCCCCCCCC. The number of hydrogen-bond acceptors (Lipinski definition) is 15. The van der Waals surface area contributed by atoms with E-state index in [0.717, 1.165) is 115 Å². The molecule has 19 heteroatoms. The van der Waals surface area contributed by atoms with Gasteiger partial charge in [-0.3, -0.25) is 37.3 Å². The molecule has 0 bridgehead atoms. The van der Waals surface area contributed by atoms with E-state index < -0.39 is 97.5 Å². The first-order chi connectivity index (χ1) is 40.5. The zero-order valence-electron chi connectivity index (χ0n) is 54.0. The third kappa shape index (κ3) is 59.0. The Morgan fingerprint density at radius 2 is 0.548 bits per heavy atom. The van der Waals surface area contributed by atoms with Gasteiger partial charge in [-0.05, 0) is 31.6 Å². The van der Waals surface area contributed by atoms with Crippen molar-refractivity contribution in [2.75, 3.05) is 39.6 Å². The number of unbranched alkanes of at least 4 members (excludes halogenated alkanes) is 37. The molecule has 498 valence electrons. The van der Waals surface area contributed by atoms with Gasteiger partial charge < -0.3 is 33.8 Å². The maximum atomic E-state index is 13.0. The van der Waals surface area contributed by atoms with Crippen LogP contribution >= 0.6 is 15.6 Å². The van der Waals surface area contributed by atoms with Crippen LogP contribution in [0.25, 0.3) is 0 Å². The highest BCUT2D eigenvalue weighted by Crippen LogP contribution is 2.45. The van der Waals surface area contributed by atoms with Crippen LogP contribution in [-0.2, 0) is 65.4 Å². The van der Waals surface area contributed by atoms with Crippen molar-refractivity contribution in [2.24, 2.45) is 5.92 Å². The van der Waals surface area contributed by atoms with Crippen molar-refractivity contribution >= 4 is 39.5 Å². The van der Waals surface area contributed by atoms with Crippen LogP contribution in [0.2, 0.25) is 0 Å². The lowest BCUT2D eigenvalue weighted by Crippen LogP contribution is -2.30. The van der Waals surface area contributed by atoms with Gasteiger partial charge in [0.15, 0.2) is 12.2 Å². The summed E-state index contributed by atoms with van der Waals surface area (Å²) in [5.41, 5.74) is 0. The molecule has 84 heavy (non-hydrogen) atoms. The van der Waals surface area contributed by atoms with E-state index in [0.29, 0.717) is 25.7 Å². The Morgan fingerprint density at radius 3 is 0.810 bits per heavy atom. The topological polar surface area (TPSA) is 237 Å². The highest BCUT2D eigenvalue weighted by atomic mass is 31.2. The zero-order chi connectivity index (χ0) is 62.0. The van der Waals surface area contributed by atoms with E-state index in [-0.39, 0.29) is 25.7 Å². The molecular formula is C65H126O17P2. The Kier molecular flexibility index (Phi) is 57.4. The van der Waals surface area contributed by atoms with Gasteiger partial charge in [0.05, 0.1) is 26.4 Å². The molecule has 0 radical (unpaired) electrons. The maximum Gasteiger partial charge on any atom is 0.472 e. The molecular weight excluding hydrogens is 1110 g/mol.